The van der Waals surface area contributed by atoms with Crippen LogP contribution in [-0.2, 0) is 22.5 Å². The number of hydrogen-bond acceptors (Lipinski definition) is 5. The molecule has 31 heavy (non-hydrogen) atoms. The molecule has 8 heteroatoms. The van der Waals surface area contributed by atoms with Crippen molar-refractivity contribution >= 4 is 45.9 Å². The van der Waals surface area contributed by atoms with Crippen molar-refractivity contribution in [2.45, 2.75) is 36.7 Å². The summed E-state index contributed by atoms with van der Waals surface area (Å²) in [6, 6.07) is 13.1. The fourth-order valence-corrected chi connectivity index (χ4v) is 4.99. The van der Waals surface area contributed by atoms with Gasteiger partial charge in [0.2, 0.25) is 5.91 Å². The number of methoxy groups -OCH3 is 1. The average molecular weight is 458 g/mol. The van der Waals surface area contributed by atoms with E-state index in [0.717, 1.165) is 12.1 Å². The molecule has 0 spiro atoms. The highest BCUT2D eigenvalue weighted by Crippen LogP contribution is 2.31. The molecule has 1 unspecified atom stereocenters. The van der Waals surface area contributed by atoms with E-state index < -0.39 is 5.25 Å². The largest absolute Gasteiger partial charge is 0.385 e. The Morgan fingerprint density at radius 1 is 1.29 bits per heavy atom. The van der Waals surface area contributed by atoms with Crippen LogP contribution in [0.1, 0.15) is 18.9 Å². The monoisotopic (exact) mass is 457 g/mol. The molecule has 6 nitrogen and oxygen atoms in total. The minimum absolute atomic E-state index is 0.0128. The zero-order valence-electron chi connectivity index (χ0n) is 17.5. The molecule has 2 aromatic carbocycles. The second-order valence-electron chi connectivity index (χ2n) is 7.49. The van der Waals surface area contributed by atoms with Gasteiger partial charge < -0.3 is 9.64 Å². The van der Waals surface area contributed by atoms with Crippen LogP contribution in [0.5, 0.6) is 0 Å². The highest BCUT2D eigenvalue weighted by molar-refractivity contribution is 8.00. The summed E-state index contributed by atoms with van der Waals surface area (Å²) in [7, 11) is 1.63. The standard InChI is InChI=1S/C23H24ClN3O3S/c1-15(21(28)26-12-10-16-6-3-4-7-20(16)26)31-23-25-19-14-17(24)8-9-18(19)22(29)27(23)11-5-13-30-2/h3-4,6-9,14-15H,5,10-13H2,1-2H3. The van der Waals surface area contributed by atoms with Crippen molar-refractivity contribution < 1.29 is 9.53 Å². The number of fused-ring (bicyclic) bond motifs is 2. The van der Waals surface area contributed by atoms with Crippen molar-refractivity contribution in [2.24, 2.45) is 0 Å². The Labute approximate surface area is 190 Å². The molecule has 0 fully saturated rings. The molecule has 1 aliphatic rings. The number of nitrogens with zero attached hydrogens (tertiary/aromatic N) is 3. The van der Waals surface area contributed by atoms with E-state index in [1.54, 1.807) is 29.9 Å². The van der Waals surface area contributed by atoms with Crippen LogP contribution in [0.2, 0.25) is 5.02 Å². The van der Waals surface area contributed by atoms with E-state index in [1.807, 2.05) is 30.0 Å². The molecule has 162 valence electrons. The Kier molecular flexibility index (Phi) is 6.65. The molecule has 1 aromatic heterocycles. The van der Waals surface area contributed by atoms with Crippen LogP contribution in [-0.4, -0.2) is 41.0 Å². The fourth-order valence-electron chi connectivity index (χ4n) is 3.82. The van der Waals surface area contributed by atoms with Crippen molar-refractivity contribution in [3.63, 3.8) is 0 Å². The Morgan fingerprint density at radius 2 is 2.10 bits per heavy atom. The molecule has 0 bridgehead atoms. The number of aromatic nitrogens is 2. The van der Waals surface area contributed by atoms with Gasteiger partial charge in [-0.2, -0.15) is 0 Å². The van der Waals surface area contributed by atoms with Gasteiger partial charge in [-0.15, -0.1) is 0 Å². The van der Waals surface area contributed by atoms with Crippen molar-refractivity contribution in [1.82, 2.24) is 9.55 Å². The van der Waals surface area contributed by atoms with Gasteiger partial charge in [0.25, 0.3) is 5.56 Å². The number of para-hydroxylation sites is 1. The Morgan fingerprint density at radius 3 is 2.90 bits per heavy atom. The maximum Gasteiger partial charge on any atom is 0.262 e. The predicted octanol–water partition coefficient (Wildman–Crippen LogP) is 4.16. The van der Waals surface area contributed by atoms with Gasteiger partial charge in [-0.25, -0.2) is 4.98 Å². The zero-order valence-corrected chi connectivity index (χ0v) is 19.1. The first kappa shape index (κ1) is 21.9. The second-order valence-corrected chi connectivity index (χ2v) is 9.23. The maximum absolute atomic E-state index is 13.2. The van der Waals surface area contributed by atoms with Gasteiger partial charge in [0.15, 0.2) is 5.16 Å². The number of carbonyl (C=O) groups excluding carboxylic acids is 1. The van der Waals surface area contributed by atoms with Crippen LogP contribution in [0.15, 0.2) is 52.4 Å². The number of thioether (sulfide) groups is 1. The number of carbonyl (C=O) groups is 1. The molecule has 1 amide bonds. The number of amides is 1. The molecule has 1 atom stereocenters. The Bertz CT molecular complexity index is 1180. The second kappa shape index (κ2) is 9.42. The molecular weight excluding hydrogens is 434 g/mol. The summed E-state index contributed by atoms with van der Waals surface area (Å²) in [4.78, 5) is 32.9. The van der Waals surface area contributed by atoms with Gasteiger partial charge >= 0.3 is 0 Å². The van der Waals surface area contributed by atoms with Gasteiger partial charge in [-0.05, 0) is 49.6 Å². The SMILES string of the molecule is COCCCn1c(SC(C)C(=O)N2CCc3ccccc32)nc2cc(Cl)ccc2c1=O. The number of ether oxygens (including phenoxy) is 1. The minimum Gasteiger partial charge on any atom is -0.385 e. The minimum atomic E-state index is -0.400. The van der Waals surface area contributed by atoms with Gasteiger partial charge in [-0.1, -0.05) is 41.6 Å². The van der Waals surface area contributed by atoms with Gasteiger partial charge in [-0.3, -0.25) is 14.2 Å². The molecule has 0 radical (unpaired) electrons. The van der Waals surface area contributed by atoms with Crippen LogP contribution in [0.4, 0.5) is 5.69 Å². The molecule has 2 heterocycles. The van der Waals surface area contributed by atoms with Gasteiger partial charge in [0, 0.05) is 37.5 Å². The third-order valence-electron chi connectivity index (χ3n) is 5.40. The number of benzene rings is 2. The summed E-state index contributed by atoms with van der Waals surface area (Å²) < 4.78 is 6.79. The van der Waals surface area contributed by atoms with E-state index in [0.29, 0.717) is 47.2 Å². The molecule has 0 aliphatic carbocycles. The zero-order chi connectivity index (χ0) is 22.0. The summed E-state index contributed by atoms with van der Waals surface area (Å²) in [6.45, 7) is 3.54. The number of halogens is 1. The van der Waals surface area contributed by atoms with Crippen LogP contribution in [0, 0.1) is 0 Å². The third-order valence-corrected chi connectivity index (χ3v) is 6.71. The van der Waals surface area contributed by atoms with E-state index in [9.17, 15) is 9.59 Å². The van der Waals surface area contributed by atoms with Crippen LogP contribution in [0.25, 0.3) is 10.9 Å². The fraction of sp³-hybridized carbons (Fsp3) is 0.348. The van der Waals surface area contributed by atoms with Crippen molar-refractivity contribution in [1.29, 1.82) is 0 Å². The summed E-state index contributed by atoms with van der Waals surface area (Å²) in [5.74, 6) is 0.0128. The summed E-state index contributed by atoms with van der Waals surface area (Å²) in [5.41, 5.74) is 2.55. The predicted molar refractivity (Wildman–Crippen MR) is 125 cm³/mol. The first-order valence-electron chi connectivity index (χ1n) is 10.2. The maximum atomic E-state index is 13.2. The third kappa shape index (κ3) is 4.49. The smallest absolute Gasteiger partial charge is 0.262 e. The van der Waals surface area contributed by atoms with E-state index in [-0.39, 0.29) is 11.5 Å². The van der Waals surface area contributed by atoms with Crippen LogP contribution in [0.3, 0.4) is 0 Å². The van der Waals surface area contributed by atoms with E-state index in [4.69, 9.17) is 21.3 Å². The van der Waals surface area contributed by atoms with E-state index in [2.05, 4.69) is 6.07 Å². The van der Waals surface area contributed by atoms with E-state index >= 15 is 0 Å². The molecule has 3 aromatic rings. The molecule has 0 saturated heterocycles. The first-order chi connectivity index (χ1) is 15.0. The number of hydrogen-bond donors (Lipinski definition) is 0. The molecule has 0 N–H and O–H groups in total. The Hall–Kier alpha value is -2.35. The normalized spacial score (nSPS) is 14.1. The lowest BCUT2D eigenvalue weighted by molar-refractivity contribution is -0.117. The molecule has 0 saturated carbocycles. The van der Waals surface area contributed by atoms with Crippen molar-refractivity contribution in [3.05, 3.63) is 63.4 Å². The summed E-state index contributed by atoms with van der Waals surface area (Å²) in [6.07, 6.45) is 1.53. The van der Waals surface area contributed by atoms with Gasteiger partial charge in [0.05, 0.1) is 16.2 Å². The van der Waals surface area contributed by atoms with Crippen LogP contribution >= 0.6 is 23.4 Å². The molecule has 4 rings (SSSR count). The number of rotatable bonds is 7. The highest BCUT2D eigenvalue weighted by Gasteiger charge is 2.29. The number of anilines is 1. The Balaban J connectivity index is 1.65. The molecule has 1 aliphatic heterocycles. The lowest BCUT2D eigenvalue weighted by atomic mass is 10.2. The lowest BCUT2D eigenvalue weighted by Gasteiger charge is -2.22. The van der Waals surface area contributed by atoms with Gasteiger partial charge in [0.1, 0.15) is 0 Å². The highest BCUT2D eigenvalue weighted by atomic mass is 35.5. The van der Waals surface area contributed by atoms with Crippen molar-refractivity contribution in [2.75, 3.05) is 25.2 Å². The topological polar surface area (TPSA) is 64.4 Å². The quantitative estimate of drug-likeness (QED) is 0.303. The van der Waals surface area contributed by atoms with Crippen LogP contribution < -0.4 is 10.5 Å². The first-order valence-corrected chi connectivity index (χ1v) is 11.5. The average Bonchev–Trinajstić information content (AvgIpc) is 3.19. The molecular formula is C23H24ClN3O3S. The van der Waals surface area contributed by atoms with E-state index in [1.165, 1.54) is 17.3 Å². The summed E-state index contributed by atoms with van der Waals surface area (Å²) in [5, 5.41) is 1.15. The lowest BCUT2D eigenvalue weighted by Crippen LogP contribution is -2.35. The summed E-state index contributed by atoms with van der Waals surface area (Å²) >= 11 is 7.43. The van der Waals surface area contributed by atoms with Crippen molar-refractivity contribution in [3.8, 4) is 0 Å².